The quantitative estimate of drug-likeness (QED) is 0.562. The Morgan fingerprint density at radius 1 is 1.04 bits per heavy atom. The molecule has 1 fully saturated rings. The van der Waals surface area contributed by atoms with Gasteiger partial charge in [-0.15, -0.1) is 0 Å². The van der Waals surface area contributed by atoms with E-state index in [0.717, 1.165) is 0 Å². The van der Waals surface area contributed by atoms with E-state index in [1.807, 2.05) is 0 Å². The Morgan fingerprint density at radius 3 is 1.88 bits per heavy atom. The summed E-state index contributed by atoms with van der Waals surface area (Å²) in [7, 11) is 0. The van der Waals surface area contributed by atoms with E-state index in [1.54, 1.807) is 6.92 Å². The third-order valence-corrected chi connectivity index (χ3v) is 4.89. The van der Waals surface area contributed by atoms with E-state index in [4.69, 9.17) is 4.74 Å². The minimum atomic E-state index is -0.706. The predicted octanol–water partition coefficient (Wildman–Crippen LogP) is 4.07. The first-order valence-corrected chi connectivity index (χ1v) is 9.10. The van der Waals surface area contributed by atoms with Crippen LogP contribution in [0.4, 0.5) is 0 Å². The number of likely N-dealkylation sites (tertiary alicyclic amines) is 1. The molecule has 1 aliphatic heterocycles. The standard InChI is InChI=1S/C20H37NO3/c1-11-24-17(23)15-13(22)12-14(18(2,3)4)21(20(8,9)10)16(15)19(5,6)7/h14-16H,11-12H2,1-10H3. The fourth-order valence-corrected chi connectivity index (χ4v) is 3.96. The zero-order valence-corrected chi connectivity index (χ0v) is 17.3. The monoisotopic (exact) mass is 339 g/mol. The average Bonchev–Trinajstić information content (AvgIpc) is 2.33. The summed E-state index contributed by atoms with van der Waals surface area (Å²) in [5.74, 6) is -1.05. The molecule has 0 aromatic heterocycles. The summed E-state index contributed by atoms with van der Waals surface area (Å²) in [6.45, 7) is 21.5. The molecule has 0 spiro atoms. The lowest BCUT2D eigenvalue weighted by Crippen LogP contribution is -2.69. The maximum atomic E-state index is 13.0. The lowest BCUT2D eigenvalue weighted by atomic mass is 9.66. The zero-order valence-electron chi connectivity index (χ0n) is 17.3. The van der Waals surface area contributed by atoms with Gasteiger partial charge in [-0.1, -0.05) is 41.5 Å². The van der Waals surface area contributed by atoms with Crippen molar-refractivity contribution in [3.8, 4) is 0 Å². The number of nitrogens with zero attached hydrogens (tertiary/aromatic N) is 1. The normalized spacial score (nSPS) is 27.2. The van der Waals surface area contributed by atoms with Gasteiger partial charge in [0.25, 0.3) is 0 Å². The number of hydrogen-bond acceptors (Lipinski definition) is 4. The topological polar surface area (TPSA) is 46.6 Å². The van der Waals surface area contributed by atoms with Gasteiger partial charge in [-0.3, -0.25) is 14.5 Å². The Morgan fingerprint density at radius 2 is 1.54 bits per heavy atom. The van der Waals surface area contributed by atoms with Gasteiger partial charge in [0.05, 0.1) is 6.61 Å². The van der Waals surface area contributed by atoms with Crippen LogP contribution in [0.5, 0.6) is 0 Å². The van der Waals surface area contributed by atoms with Crippen molar-refractivity contribution in [3.63, 3.8) is 0 Å². The van der Waals surface area contributed by atoms with Crippen LogP contribution in [0.1, 0.15) is 75.7 Å². The fourth-order valence-electron chi connectivity index (χ4n) is 3.96. The summed E-state index contributed by atoms with van der Waals surface area (Å²) in [6, 6.07) is -0.0815. The third kappa shape index (κ3) is 4.38. The maximum absolute atomic E-state index is 13.0. The first-order valence-electron chi connectivity index (χ1n) is 9.10. The van der Waals surface area contributed by atoms with Gasteiger partial charge < -0.3 is 4.74 Å². The fraction of sp³-hybridized carbons (Fsp3) is 0.900. The average molecular weight is 340 g/mol. The summed E-state index contributed by atoms with van der Waals surface area (Å²) in [5, 5.41) is 0. The Balaban J connectivity index is 3.52. The van der Waals surface area contributed by atoms with E-state index in [1.165, 1.54) is 0 Å². The Bertz CT molecular complexity index is 477. The highest BCUT2D eigenvalue weighted by Gasteiger charge is 2.55. The van der Waals surface area contributed by atoms with E-state index < -0.39 is 5.92 Å². The summed E-state index contributed by atoms with van der Waals surface area (Å²) in [4.78, 5) is 28.0. The second-order valence-corrected chi connectivity index (χ2v) is 10.2. The molecule has 0 saturated carbocycles. The van der Waals surface area contributed by atoms with E-state index in [0.29, 0.717) is 13.0 Å². The number of hydrogen-bond donors (Lipinski definition) is 0. The second-order valence-electron chi connectivity index (χ2n) is 10.2. The van der Waals surface area contributed by atoms with Crippen molar-refractivity contribution in [1.29, 1.82) is 0 Å². The van der Waals surface area contributed by atoms with Crippen LogP contribution in [-0.4, -0.2) is 40.9 Å². The Hall–Kier alpha value is -0.900. The molecular formula is C20H37NO3. The zero-order chi connectivity index (χ0) is 19.1. The molecule has 4 heteroatoms. The summed E-state index contributed by atoms with van der Waals surface area (Å²) in [5.41, 5.74) is -0.419. The highest BCUT2D eigenvalue weighted by Crippen LogP contribution is 2.45. The molecule has 3 atom stereocenters. The number of ketones is 1. The summed E-state index contributed by atoms with van der Waals surface area (Å²) in [6.07, 6.45) is 0.400. The molecule has 1 rings (SSSR count). The van der Waals surface area contributed by atoms with Crippen molar-refractivity contribution >= 4 is 11.8 Å². The minimum Gasteiger partial charge on any atom is -0.465 e. The van der Waals surface area contributed by atoms with E-state index in [2.05, 4.69) is 67.2 Å². The largest absolute Gasteiger partial charge is 0.465 e. The highest BCUT2D eigenvalue weighted by molar-refractivity contribution is 6.01. The minimum absolute atomic E-state index is 0.0220. The lowest BCUT2D eigenvalue weighted by molar-refractivity contribution is -0.171. The van der Waals surface area contributed by atoms with Crippen LogP contribution >= 0.6 is 0 Å². The third-order valence-electron chi connectivity index (χ3n) is 4.89. The van der Waals surface area contributed by atoms with Gasteiger partial charge in [0, 0.05) is 24.0 Å². The molecule has 140 valence electrons. The number of rotatable bonds is 2. The maximum Gasteiger partial charge on any atom is 0.318 e. The van der Waals surface area contributed by atoms with Crippen molar-refractivity contribution in [1.82, 2.24) is 4.90 Å². The number of ether oxygens (including phenoxy) is 1. The molecule has 1 saturated heterocycles. The van der Waals surface area contributed by atoms with Crippen molar-refractivity contribution in [3.05, 3.63) is 0 Å². The SMILES string of the molecule is CCOC(=O)C1C(=O)CC(C(C)(C)C)N(C(C)(C)C)C1C(C)(C)C. The molecule has 0 N–H and O–H groups in total. The molecule has 0 aromatic rings. The second kappa shape index (κ2) is 6.78. The van der Waals surface area contributed by atoms with Gasteiger partial charge in [-0.25, -0.2) is 0 Å². The molecule has 1 heterocycles. The highest BCUT2D eigenvalue weighted by atomic mass is 16.5. The molecule has 1 aliphatic rings. The Labute approximate surface area is 148 Å². The molecule has 0 aliphatic carbocycles. The van der Waals surface area contributed by atoms with Crippen molar-refractivity contribution in [2.75, 3.05) is 6.61 Å². The number of carbonyl (C=O) groups is 2. The smallest absolute Gasteiger partial charge is 0.318 e. The van der Waals surface area contributed by atoms with Gasteiger partial charge >= 0.3 is 5.97 Å². The van der Waals surface area contributed by atoms with Gasteiger partial charge in [0.2, 0.25) is 0 Å². The molecule has 0 aromatic carbocycles. The molecule has 3 unspecified atom stereocenters. The van der Waals surface area contributed by atoms with Crippen LogP contribution in [0.25, 0.3) is 0 Å². The first kappa shape index (κ1) is 21.1. The number of Topliss-reactive ketones (excluding diaryl/α,β-unsaturated/α-hetero) is 1. The summed E-state index contributed by atoms with van der Waals surface area (Å²) >= 11 is 0. The first-order chi connectivity index (χ1) is 10.6. The van der Waals surface area contributed by atoms with Crippen LogP contribution in [-0.2, 0) is 14.3 Å². The number of carbonyl (C=O) groups excluding carboxylic acids is 2. The van der Waals surface area contributed by atoms with E-state index in [-0.39, 0.29) is 40.2 Å². The van der Waals surface area contributed by atoms with Crippen molar-refractivity contribution in [2.24, 2.45) is 16.7 Å². The van der Waals surface area contributed by atoms with Crippen LogP contribution in [0.3, 0.4) is 0 Å². The Kier molecular flexibility index (Phi) is 5.97. The van der Waals surface area contributed by atoms with E-state index in [9.17, 15) is 9.59 Å². The van der Waals surface area contributed by atoms with Gasteiger partial charge in [0.1, 0.15) is 11.7 Å². The molecule has 0 amide bonds. The van der Waals surface area contributed by atoms with E-state index >= 15 is 0 Å². The van der Waals surface area contributed by atoms with Gasteiger partial charge in [-0.05, 0) is 38.5 Å². The number of esters is 1. The molecule has 24 heavy (non-hydrogen) atoms. The van der Waals surface area contributed by atoms with Crippen LogP contribution in [0, 0.1) is 16.7 Å². The van der Waals surface area contributed by atoms with Crippen LogP contribution in [0.2, 0.25) is 0 Å². The van der Waals surface area contributed by atoms with Crippen LogP contribution in [0.15, 0.2) is 0 Å². The molecule has 0 radical (unpaired) electrons. The lowest BCUT2D eigenvalue weighted by Gasteiger charge is -2.58. The number of piperidine rings is 1. The van der Waals surface area contributed by atoms with Crippen molar-refractivity contribution in [2.45, 2.75) is 93.3 Å². The predicted molar refractivity (Wildman–Crippen MR) is 97.8 cm³/mol. The molecule has 0 bridgehead atoms. The van der Waals surface area contributed by atoms with Crippen molar-refractivity contribution < 1.29 is 14.3 Å². The van der Waals surface area contributed by atoms with Gasteiger partial charge in [0.15, 0.2) is 0 Å². The molecule has 4 nitrogen and oxygen atoms in total. The summed E-state index contributed by atoms with van der Waals surface area (Å²) < 4.78 is 5.27. The van der Waals surface area contributed by atoms with Crippen LogP contribution < -0.4 is 0 Å². The van der Waals surface area contributed by atoms with Gasteiger partial charge in [-0.2, -0.15) is 0 Å². The molecular weight excluding hydrogens is 302 g/mol.